The summed E-state index contributed by atoms with van der Waals surface area (Å²) in [6, 6.07) is 12.0. The summed E-state index contributed by atoms with van der Waals surface area (Å²) >= 11 is 0. The maximum absolute atomic E-state index is 12.4. The molecule has 0 N–H and O–H groups in total. The second kappa shape index (κ2) is 7.79. The molecule has 0 atom stereocenters. The van der Waals surface area contributed by atoms with Crippen LogP contribution in [0.3, 0.4) is 0 Å². The molecule has 0 aliphatic heterocycles. The van der Waals surface area contributed by atoms with Crippen LogP contribution in [0.5, 0.6) is 11.5 Å². The molecule has 27 heavy (non-hydrogen) atoms. The smallest absolute Gasteiger partial charge is 0.247 e. The highest BCUT2D eigenvalue weighted by molar-refractivity contribution is 7.91. The quantitative estimate of drug-likeness (QED) is 0.614. The molecule has 3 rings (SSSR count). The molecular formula is C19H20N2O5S. The molecule has 142 valence electrons. The molecule has 0 saturated carbocycles. The van der Waals surface area contributed by atoms with Crippen LogP contribution in [0, 0.1) is 6.92 Å². The summed E-state index contributed by atoms with van der Waals surface area (Å²) in [5.74, 6) is 1.57. The van der Waals surface area contributed by atoms with Crippen molar-refractivity contribution >= 4 is 9.84 Å². The van der Waals surface area contributed by atoms with E-state index in [1.165, 1.54) is 7.11 Å². The zero-order valence-electron chi connectivity index (χ0n) is 15.3. The molecule has 0 amide bonds. The molecule has 0 aliphatic rings. The number of methoxy groups -OCH3 is 2. The summed E-state index contributed by atoms with van der Waals surface area (Å²) in [5, 5.41) is 7.94. The van der Waals surface area contributed by atoms with Crippen molar-refractivity contribution in [2.45, 2.75) is 18.2 Å². The van der Waals surface area contributed by atoms with Crippen molar-refractivity contribution in [2.24, 2.45) is 0 Å². The molecule has 0 unspecified atom stereocenters. The second-order valence-corrected chi connectivity index (χ2v) is 8.06. The highest BCUT2D eigenvalue weighted by Gasteiger charge is 2.17. The predicted molar refractivity (Wildman–Crippen MR) is 99.8 cm³/mol. The van der Waals surface area contributed by atoms with Crippen molar-refractivity contribution in [1.82, 2.24) is 10.2 Å². The van der Waals surface area contributed by atoms with Crippen LogP contribution in [0.1, 0.15) is 11.5 Å². The highest BCUT2D eigenvalue weighted by Crippen LogP contribution is 2.31. The van der Waals surface area contributed by atoms with E-state index in [0.717, 1.165) is 5.56 Å². The third-order valence-corrected chi connectivity index (χ3v) is 5.79. The third kappa shape index (κ3) is 4.28. The lowest BCUT2D eigenvalue weighted by Gasteiger charge is -2.07. The number of rotatable bonds is 7. The van der Waals surface area contributed by atoms with E-state index in [2.05, 4.69) is 10.2 Å². The topological polar surface area (TPSA) is 91.5 Å². The van der Waals surface area contributed by atoms with Gasteiger partial charge in [0, 0.05) is 12.0 Å². The molecule has 0 fully saturated rings. The molecule has 1 heterocycles. The first-order chi connectivity index (χ1) is 12.9. The number of benzene rings is 2. The van der Waals surface area contributed by atoms with Gasteiger partial charge >= 0.3 is 0 Å². The molecule has 7 nitrogen and oxygen atoms in total. The maximum Gasteiger partial charge on any atom is 0.247 e. The van der Waals surface area contributed by atoms with Gasteiger partial charge in [-0.05, 0) is 37.3 Å². The van der Waals surface area contributed by atoms with Gasteiger partial charge in [-0.3, -0.25) is 0 Å². The average Bonchev–Trinajstić information content (AvgIpc) is 3.15. The standard InChI is InChI=1S/C19H20N2O5S/c1-13-4-7-15(8-5-13)27(22,23)11-10-18-20-21-19(26-18)14-6-9-16(24-2)17(12-14)25-3/h4-9,12H,10-11H2,1-3H3. The van der Waals surface area contributed by atoms with Crippen molar-refractivity contribution < 1.29 is 22.3 Å². The van der Waals surface area contributed by atoms with Crippen molar-refractivity contribution in [1.29, 1.82) is 0 Å². The van der Waals surface area contributed by atoms with E-state index in [9.17, 15) is 8.42 Å². The SMILES string of the molecule is COc1ccc(-c2nnc(CCS(=O)(=O)c3ccc(C)cc3)o2)cc1OC. The Kier molecular flexibility index (Phi) is 5.46. The van der Waals surface area contributed by atoms with Crippen molar-refractivity contribution in [3.63, 3.8) is 0 Å². The Morgan fingerprint density at radius 2 is 1.67 bits per heavy atom. The zero-order valence-corrected chi connectivity index (χ0v) is 16.1. The lowest BCUT2D eigenvalue weighted by atomic mass is 10.2. The first-order valence-electron chi connectivity index (χ1n) is 8.27. The summed E-state index contributed by atoms with van der Waals surface area (Å²) in [4.78, 5) is 0.285. The van der Waals surface area contributed by atoms with Crippen LogP contribution in [0.2, 0.25) is 0 Å². The highest BCUT2D eigenvalue weighted by atomic mass is 32.2. The van der Waals surface area contributed by atoms with Gasteiger partial charge in [0.25, 0.3) is 0 Å². The van der Waals surface area contributed by atoms with E-state index >= 15 is 0 Å². The number of ether oxygens (including phenoxy) is 2. The Labute approximate surface area is 157 Å². The molecule has 8 heteroatoms. The van der Waals surface area contributed by atoms with Crippen molar-refractivity contribution in [2.75, 3.05) is 20.0 Å². The van der Waals surface area contributed by atoms with E-state index in [-0.39, 0.29) is 23.0 Å². The van der Waals surface area contributed by atoms with Crippen LogP contribution in [0.15, 0.2) is 51.8 Å². The largest absolute Gasteiger partial charge is 0.493 e. The normalized spacial score (nSPS) is 11.4. The molecule has 0 radical (unpaired) electrons. The molecular weight excluding hydrogens is 368 g/mol. The number of aryl methyl sites for hydroxylation is 2. The Bertz CT molecular complexity index is 1030. The molecule has 1 aromatic heterocycles. The zero-order chi connectivity index (χ0) is 19.4. The van der Waals surface area contributed by atoms with Crippen LogP contribution in [-0.4, -0.2) is 38.6 Å². The van der Waals surface area contributed by atoms with E-state index in [0.29, 0.717) is 23.0 Å². The lowest BCUT2D eigenvalue weighted by molar-refractivity contribution is 0.355. The Balaban J connectivity index is 1.74. The maximum atomic E-state index is 12.4. The fraction of sp³-hybridized carbons (Fsp3) is 0.263. The fourth-order valence-corrected chi connectivity index (χ4v) is 3.76. The van der Waals surface area contributed by atoms with Crippen LogP contribution in [0.25, 0.3) is 11.5 Å². The minimum atomic E-state index is -3.41. The van der Waals surface area contributed by atoms with E-state index in [1.54, 1.807) is 49.6 Å². The monoisotopic (exact) mass is 388 g/mol. The van der Waals surface area contributed by atoms with Crippen LogP contribution >= 0.6 is 0 Å². The van der Waals surface area contributed by atoms with Gasteiger partial charge in [-0.15, -0.1) is 10.2 Å². The number of hydrogen-bond acceptors (Lipinski definition) is 7. The Morgan fingerprint density at radius 1 is 0.963 bits per heavy atom. The summed E-state index contributed by atoms with van der Waals surface area (Å²) < 4.78 is 40.9. The minimum absolute atomic E-state index is 0.108. The van der Waals surface area contributed by atoms with Gasteiger partial charge in [0.2, 0.25) is 11.8 Å². The van der Waals surface area contributed by atoms with Crippen LogP contribution < -0.4 is 9.47 Å². The Morgan fingerprint density at radius 3 is 2.33 bits per heavy atom. The van der Waals surface area contributed by atoms with E-state index in [4.69, 9.17) is 13.9 Å². The van der Waals surface area contributed by atoms with Crippen molar-refractivity contribution in [3.8, 4) is 23.0 Å². The number of nitrogens with zero attached hydrogens (tertiary/aromatic N) is 2. The number of sulfone groups is 1. The van der Waals surface area contributed by atoms with Crippen LogP contribution in [0.4, 0.5) is 0 Å². The molecule has 0 spiro atoms. The minimum Gasteiger partial charge on any atom is -0.493 e. The molecule has 3 aromatic rings. The summed E-state index contributed by atoms with van der Waals surface area (Å²) in [5.41, 5.74) is 1.67. The first-order valence-corrected chi connectivity index (χ1v) is 9.92. The summed E-state index contributed by atoms with van der Waals surface area (Å²) in [6.45, 7) is 1.91. The number of hydrogen-bond donors (Lipinski definition) is 0. The lowest BCUT2D eigenvalue weighted by Crippen LogP contribution is -2.09. The van der Waals surface area contributed by atoms with Gasteiger partial charge in [-0.25, -0.2) is 8.42 Å². The van der Waals surface area contributed by atoms with E-state index < -0.39 is 9.84 Å². The van der Waals surface area contributed by atoms with Gasteiger partial charge in [-0.2, -0.15) is 0 Å². The third-order valence-electron chi connectivity index (χ3n) is 4.06. The predicted octanol–water partition coefficient (Wildman–Crippen LogP) is 3.08. The molecule has 0 saturated heterocycles. The van der Waals surface area contributed by atoms with Gasteiger partial charge in [0.15, 0.2) is 21.3 Å². The Hall–Kier alpha value is -2.87. The van der Waals surface area contributed by atoms with Crippen LogP contribution in [-0.2, 0) is 16.3 Å². The van der Waals surface area contributed by atoms with Gasteiger partial charge in [-0.1, -0.05) is 17.7 Å². The average molecular weight is 388 g/mol. The van der Waals surface area contributed by atoms with Gasteiger partial charge < -0.3 is 13.9 Å². The second-order valence-electron chi connectivity index (χ2n) is 5.95. The molecule has 0 aliphatic carbocycles. The van der Waals surface area contributed by atoms with Gasteiger partial charge in [0.1, 0.15) is 0 Å². The summed E-state index contributed by atoms with van der Waals surface area (Å²) in [6.07, 6.45) is 0.135. The molecule has 0 bridgehead atoms. The first kappa shape index (κ1) is 18.9. The van der Waals surface area contributed by atoms with Crippen molar-refractivity contribution in [3.05, 3.63) is 53.9 Å². The van der Waals surface area contributed by atoms with E-state index in [1.807, 2.05) is 6.92 Å². The molecule has 2 aromatic carbocycles. The van der Waals surface area contributed by atoms with Gasteiger partial charge in [0.05, 0.1) is 24.9 Å². The fourth-order valence-electron chi connectivity index (χ4n) is 2.53. The summed E-state index contributed by atoms with van der Waals surface area (Å²) in [7, 11) is -0.324. The number of aromatic nitrogens is 2.